The van der Waals surface area contributed by atoms with Crippen molar-refractivity contribution in [1.82, 2.24) is 14.8 Å². The lowest BCUT2D eigenvalue weighted by atomic mass is 10.2. The summed E-state index contributed by atoms with van der Waals surface area (Å²) in [5.41, 5.74) is 2.22. The van der Waals surface area contributed by atoms with Crippen LogP contribution in [0.3, 0.4) is 0 Å². The standard InChI is InChI=1S/C19H19ClN4O2S/c1-3-24-18(14-6-4-5-7-16(14)25)22-23-19(24)27-11-17(26)21-13-9-8-12(2)15(20)10-13/h4-10,25H,3,11H2,1-2H3,(H,21,26). The molecule has 8 heteroatoms. The molecular weight excluding hydrogens is 384 g/mol. The summed E-state index contributed by atoms with van der Waals surface area (Å²) in [6, 6.07) is 12.4. The molecule has 3 aromatic rings. The van der Waals surface area contributed by atoms with Gasteiger partial charge in [-0.25, -0.2) is 0 Å². The van der Waals surface area contributed by atoms with Gasteiger partial charge in [0.15, 0.2) is 11.0 Å². The van der Waals surface area contributed by atoms with Gasteiger partial charge in [-0.1, -0.05) is 41.6 Å². The van der Waals surface area contributed by atoms with Gasteiger partial charge in [-0.2, -0.15) is 0 Å². The Balaban J connectivity index is 1.70. The van der Waals surface area contributed by atoms with Crippen LogP contribution in [0.5, 0.6) is 5.75 Å². The third-order valence-electron chi connectivity index (χ3n) is 3.97. The molecule has 0 radical (unpaired) electrons. The van der Waals surface area contributed by atoms with E-state index >= 15 is 0 Å². The summed E-state index contributed by atoms with van der Waals surface area (Å²) < 4.78 is 1.87. The number of phenolic OH excluding ortho intramolecular Hbond substituents is 1. The number of benzene rings is 2. The molecule has 3 rings (SSSR count). The summed E-state index contributed by atoms with van der Waals surface area (Å²) >= 11 is 7.38. The Morgan fingerprint density at radius 3 is 2.74 bits per heavy atom. The fourth-order valence-electron chi connectivity index (χ4n) is 2.54. The largest absolute Gasteiger partial charge is 0.507 e. The van der Waals surface area contributed by atoms with Gasteiger partial charge in [-0.05, 0) is 43.7 Å². The second-order valence-corrected chi connectivity index (χ2v) is 7.22. The molecule has 0 aliphatic heterocycles. The van der Waals surface area contributed by atoms with E-state index in [1.807, 2.05) is 36.6 Å². The Morgan fingerprint density at radius 2 is 2.04 bits per heavy atom. The van der Waals surface area contributed by atoms with E-state index in [1.165, 1.54) is 11.8 Å². The minimum atomic E-state index is -0.158. The van der Waals surface area contributed by atoms with Crippen molar-refractivity contribution < 1.29 is 9.90 Å². The molecule has 0 saturated carbocycles. The van der Waals surface area contributed by atoms with Crippen LogP contribution < -0.4 is 5.32 Å². The van der Waals surface area contributed by atoms with Gasteiger partial charge in [0.25, 0.3) is 0 Å². The Labute approximate surface area is 166 Å². The maximum Gasteiger partial charge on any atom is 0.234 e. The summed E-state index contributed by atoms with van der Waals surface area (Å²) in [5, 5.41) is 22.5. The number of nitrogens with one attached hydrogen (secondary N) is 1. The molecule has 0 fully saturated rings. The smallest absolute Gasteiger partial charge is 0.234 e. The molecule has 1 heterocycles. The number of aromatic nitrogens is 3. The fourth-order valence-corrected chi connectivity index (χ4v) is 3.52. The number of amides is 1. The number of rotatable bonds is 6. The van der Waals surface area contributed by atoms with Gasteiger partial charge in [0.05, 0.1) is 11.3 Å². The number of nitrogens with zero attached hydrogens (tertiary/aromatic N) is 3. The van der Waals surface area contributed by atoms with Crippen LogP contribution in [0.4, 0.5) is 5.69 Å². The summed E-state index contributed by atoms with van der Waals surface area (Å²) in [4.78, 5) is 12.2. The van der Waals surface area contributed by atoms with Crippen LogP contribution in [0.2, 0.25) is 5.02 Å². The number of hydrogen-bond donors (Lipinski definition) is 2. The molecule has 2 aromatic carbocycles. The van der Waals surface area contributed by atoms with Gasteiger partial charge in [0.2, 0.25) is 5.91 Å². The van der Waals surface area contributed by atoms with Crippen molar-refractivity contribution in [3.63, 3.8) is 0 Å². The molecule has 0 spiro atoms. The number of phenols is 1. The van der Waals surface area contributed by atoms with Gasteiger partial charge < -0.3 is 15.0 Å². The van der Waals surface area contributed by atoms with Gasteiger partial charge in [-0.15, -0.1) is 10.2 Å². The zero-order valence-corrected chi connectivity index (χ0v) is 16.5. The van der Waals surface area contributed by atoms with Gasteiger partial charge in [0.1, 0.15) is 5.75 Å². The molecule has 1 aromatic heterocycles. The number of anilines is 1. The van der Waals surface area contributed by atoms with E-state index in [0.29, 0.717) is 33.8 Å². The molecule has 0 aliphatic carbocycles. The van der Waals surface area contributed by atoms with Crippen LogP contribution in [0.15, 0.2) is 47.6 Å². The molecule has 0 atom stereocenters. The summed E-state index contributed by atoms with van der Waals surface area (Å²) in [6.07, 6.45) is 0. The summed E-state index contributed by atoms with van der Waals surface area (Å²) in [7, 11) is 0. The van der Waals surface area contributed by atoms with Gasteiger partial charge >= 0.3 is 0 Å². The lowest BCUT2D eigenvalue weighted by molar-refractivity contribution is -0.113. The van der Waals surface area contributed by atoms with E-state index in [2.05, 4.69) is 15.5 Å². The fraction of sp³-hybridized carbons (Fsp3) is 0.211. The number of carbonyl (C=O) groups is 1. The highest BCUT2D eigenvalue weighted by molar-refractivity contribution is 7.99. The number of carbonyl (C=O) groups excluding carboxylic acids is 1. The lowest BCUT2D eigenvalue weighted by Gasteiger charge is -2.09. The van der Waals surface area contributed by atoms with Crippen LogP contribution in [-0.2, 0) is 11.3 Å². The highest BCUT2D eigenvalue weighted by Crippen LogP contribution is 2.30. The van der Waals surface area contributed by atoms with Crippen LogP contribution in [0, 0.1) is 6.92 Å². The normalized spacial score (nSPS) is 10.8. The molecule has 140 valence electrons. The first-order valence-electron chi connectivity index (χ1n) is 8.40. The number of aryl methyl sites for hydroxylation is 1. The van der Waals surface area contributed by atoms with E-state index < -0.39 is 0 Å². The van der Waals surface area contributed by atoms with Crippen molar-refractivity contribution in [1.29, 1.82) is 0 Å². The number of para-hydroxylation sites is 1. The zero-order chi connectivity index (χ0) is 19.4. The predicted molar refractivity (Wildman–Crippen MR) is 108 cm³/mol. The van der Waals surface area contributed by atoms with Crippen molar-refractivity contribution >= 4 is 35.0 Å². The topological polar surface area (TPSA) is 80.0 Å². The van der Waals surface area contributed by atoms with Crippen molar-refractivity contribution in [2.75, 3.05) is 11.1 Å². The monoisotopic (exact) mass is 402 g/mol. The third kappa shape index (κ3) is 4.43. The molecule has 27 heavy (non-hydrogen) atoms. The van der Waals surface area contributed by atoms with Crippen molar-refractivity contribution in [2.45, 2.75) is 25.5 Å². The first kappa shape index (κ1) is 19.3. The highest BCUT2D eigenvalue weighted by atomic mass is 35.5. The molecule has 2 N–H and O–H groups in total. The van der Waals surface area contributed by atoms with E-state index in [9.17, 15) is 9.90 Å². The molecular formula is C19H19ClN4O2S. The zero-order valence-electron chi connectivity index (χ0n) is 14.9. The van der Waals surface area contributed by atoms with Gasteiger partial charge in [0, 0.05) is 17.3 Å². The summed E-state index contributed by atoms with van der Waals surface area (Å²) in [5.74, 6) is 0.744. The van der Waals surface area contributed by atoms with E-state index in [1.54, 1.807) is 24.3 Å². The number of aromatic hydroxyl groups is 1. The molecule has 0 saturated heterocycles. The van der Waals surface area contributed by atoms with Crippen LogP contribution >= 0.6 is 23.4 Å². The van der Waals surface area contributed by atoms with E-state index in [4.69, 9.17) is 11.6 Å². The lowest BCUT2D eigenvalue weighted by Crippen LogP contribution is -2.14. The molecule has 0 aliphatic rings. The number of hydrogen-bond acceptors (Lipinski definition) is 5. The molecule has 0 bridgehead atoms. The Morgan fingerprint density at radius 1 is 1.26 bits per heavy atom. The van der Waals surface area contributed by atoms with Gasteiger partial charge in [-0.3, -0.25) is 4.79 Å². The van der Waals surface area contributed by atoms with Crippen LogP contribution in [-0.4, -0.2) is 31.5 Å². The molecule has 6 nitrogen and oxygen atoms in total. The molecule has 0 unspecified atom stereocenters. The minimum Gasteiger partial charge on any atom is -0.507 e. The van der Waals surface area contributed by atoms with Crippen LogP contribution in [0.1, 0.15) is 12.5 Å². The quantitative estimate of drug-likeness (QED) is 0.598. The first-order valence-corrected chi connectivity index (χ1v) is 9.76. The number of thioether (sulfide) groups is 1. The molecule has 1 amide bonds. The first-order chi connectivity index (χ1) is 13.0. The second-order valence-electron chi connectivity index (χ2n) is 5.87. The maximum atomic E-state index is 12.2. The minimum absolute atomic E-state index is 0.144. The van der Waals surface area contributed by atoms with E-state index in [0.717, 1.165) is 5.56 Å². The Hall–Kier alpha value is -2.51. The Kier molecular flexibility index (Phi) is 6.03. The highest BCUT2D eigenvalue weighted by Gasteiger charge is 2.16. The van der Waals surface area contributed by atoms with Crippen molar-refractivity contribution in [3.05, 3.63) is 53.1 Å². The third-order valence-corrected chi connectivity index (χ3v) is 5.34. The maximum absolute atomic E-state index is 12.2. The number of halogens is 1. The Bertz CT molecular complexity index is 974. The SMILES string of the molecule is CCn1c(SCC(=O)Nc2ccc(C)c(Cl)c2)nnc1-c1ccccc1O. The average Bonchev–Trinajstić information content (AvgIpc) is 3.06. The van der Waals surface area contributed by atoms with Crippen molar-refractivity contribution in [3.8, 4) is 17.1 Å². The second kappa shape index (κ2) is 8.45. The van der Waals surface area contributed by atoms with Crippen LogP contribution in [0.25, 0.3) is 11.4 Å². The predicted octanol–water partition coefficient (Wildman–Crippen LogP) is 4.36. The average molecular weight is 403 g/mol. The van der Waals surface area contributed by atoms with Crippen molar-refractivity contribution in [2.24, 2.45) is 0 Å². The van der Waals surface area contributed by atoms with E-state index in [-0.39, 0.29) is 17.4 Å². The summed E-state index contributed by atoms with van der Waals surface area (Å²) in [6.45, 7) is 4.49.